The molecule has 2 fully saturated rings. The summed E-state index contributed by atoms with van der Waals surface area (Å²) in [5.41, 5.74) is -0.498. The van der Waals surface area contributed by atoms with E-state index in [1.165, 1.54) is 7.05 Å². The minimum atomic E-state index is -4.48. The molecule has 0 unspecified atom stereocenters. The number of carbonyl (C=O) groups excluding carboxylic acids is 1. The number of nitrogens with zero attached hydrogens (tertiary/aromatic N) is 3. The van der Waals surface area contributed by atoms with Crippen molar-refractivity contribution in [2.24, 2.45) is 13.0 Å². The van der Waals surface area contributed by atoms with Crippen LogP contribution >= 0.6 is 23.5 Å². The van der Waals surface area contributed by atoms with E-state index >= 15 is 0 Å². The number of hydrogen-bond donors (Lipinski definition) is 0. The molecule has 0 amide bonds. The zero-order valence-electron chi connectivity index (χ0n) is 14.2. The van der Waals surface area contributed by atoms with Crippen LogP contribution in [0.5, 0.6) is 0 Å². The highest BCUT2D eigenvalue weighted by atomic mass is 32.2. The van der Waals surface area contributed by atoms with Crippen molar-refractivity contribution >= 4 is 29.5 Å². The topological polar surface area (TPSA) is 47.4 Å². The number of rotatable bonds is 3. The average Bonchev–Trinajstić information content (AvgIpc) is 3.20. The third-order valence-electron chi connectivity index (χ3n) is 4.60. The first-order valence-electron chi connectivity index (χ1n) is 7.97. The van der Waals surface area contributed by atoms with Gasteiger partial charge in [-0.05, 0) is 20.0 Å². The lowest BCUT2D eigenvalue weighted by atomic mass is 9.92. The molecule has 0 aromatic carbocycles. The molecule has 0 N–H and O–H groups in total. The number of carbonyl (C=O) groups is 1. The molecule has 3 heterocycles. The fourth-order valence-corrected chi connectivity index (χ4v) is 7.20. The molecule has 2 saturated heterocycles. The lowest BCUT2D eigenvalue weighted by Gasteiger charge is -2.34. The molecule has 1 spiro atoms. The van der Waals surface area contributed by atoms with Gasteiger partial charge in [0.2, 0.25) is 0 Å². The zero-order valence-corrected chi connectivity index (χ0v) is 15.8. The highest BCUT2D eigenvalue weighted by molar-refractivity contribution is 8.21. The molecule has 2 atom stereocenters. The summed E-state index contributed by atoms with van der Waals surface area (Å²) in [6.07, 6.45) is -4.48. The van der Waals surface area contributed by atoms with Crippen molar-refractivity contribution < 1.29 is 22.7 Å². The summed E-state index contributed by atoms with van der Waals surface area (Å²) in [7, 11) is 3.19. The highest BCUT2D eigenvalue weighted by Crippen LogP contribution is 2.60. The van der Waals surface area contributed by atoms with Gasteiger partial charge in [-0.3, -0.25) is 14.4 Å². The SMILES string of the molecule is CCOC(=O)[C@H]1CN(C)C2(SCCS2)[C@@H]1c1cc(C(F)(F)F)n(C)n1. The summed E-state index contributed by atoms with van der Waals surface area (Å²) in [6, 6.07) is 1.08. The molecule has 0 saturated carbocycles. The van der Waals surface area contributed by atoms with Crippen LogP contribution in [-0.2, 0) is 22.8 Å². The second-order valence-corrected chi connectivity index (χ2v) is 9.02. The first-order valence-corrected chi connectivity index (χ1v) is 9.94. The Morgan fingerprint density at radius 2 is 2.04 bits per heavy atom. The second-order valence-electron chi connectivity index (χ2n) is 6.12. The normalized spacial score (nSPS) is 26.5. The van der Waals surface area contributed by atoms with E-state index in [0.717, 1.165) is 22.3 Å². The highest BCUT2D eigenvalue weighted by Gasteiger charge is 2.59. The van der Waals surface area contributed by atoms with E-state index in [9.17, 15) is 18.0 Å². The molecule has 10 heteroatoms. The van der Waals surface area contributed by atoms with Crippen molar-refractivity contribution in [2.45, 2.75) is 23.2 Å². The standard InChI is InChI=1S/C15H20F3N3O2S2/c1-4-23-13(22)9-8-20(2)15(24-5-6-25-15)12(9)10-7-11(14(16,17)18)21(3)19-10/h7,9,12H,4-6,8H2,1-3H3/t9-,12-/m0/s1. The predicted molar refractivity (Wildman–Crippen MR) is 91.4 cm³/mol. The first kappa shape index (κ1) is 18.9. The Labute approximate surface area is 152 Å². The Kier molecular flexibility index (Phi) is 5.06. The van der Waals surface area contributed by atoms with Crippen molar-refractivity contribution in [1.82, 2.24) is 14.7 Å². The molecule has 140 valence electrons. The third kappa shape index (κ3) is 3.16. The number of hydrogen-bond acceptors (Lipinski definition) is 6. The van der Waals surface area contributed by atoms with E-state index in [4.69, 9.17) is 4.74 Å². The summed E-state index contributed by atoms with van der Waals surface area (Å²) in [4.78, 5) is 14.5. The number of likely N-dealkylation sites (tertiary alicyclic amines) is 1. The fourth-order valence-electron chi connectivity index (χ4n) is 3.60. The molecule has 1 aromatic heterocycles. The van der Waals surface area contributed by atoms with Gasteiger partial charge in [-0.1, -0.05) is 0 Å². The van der Waals surface area contributed by atoms with Gasteiger partial charge in [0.1, 0.15) is 9.90 Å². The Bertz CT molecular complexity index is 659. The number of likely N-dealkylation sites (N-methyl/N-ethyl adjacent to an activating group) is 1. The largest absolute Gasteiger partial charge is 0.466 e. The number of ether oxygens (including phenoxy) is 1. The van der Waals surface area contributed by atoms with Crippen LogP contribution in [-0.4, -0.2) is 56.6 Å². The van der Waals surface area contributed by atoms with Crippen molar-refractivity contribution in [1.29, 1.82) is 0 Å². The van der Waals surface area contributed by atoms with E-state index in [1.807, 2.05) is 7.05 Å². The van der Waals surface area contributed by atoms with Crippen molar-refractivity contribution in [3.8, 4) is 0 Å². The van der Waals surface area contributed by atoms with Gasteiger partial charge in [0.25, 0.3) is 0 Å². The van der Waals surface area contributed by atoms with Crippen LogP contribution in [0, 0.1) is 5.92 Å². The van der Waals surface area contributed by atoms with Crippen LogP contribution in [0.2, 0.25) is 0 Å². The lowest BCUT2D eigenvalue weighted by Crippen LogP contribution is -2.37. The molecule has 0 radical (unpaired) electrons. The number of aryl methyl sites for hydroxylation is 1. The summed E-state index contributed by atoms with van der Waals surface area (Å²) in [5, 5.41) is 4.14. The Morgan fingerprint density at radius 1 is 1.40 bits per heavy atom. The zero-order chi connectivity index (χ0) is 18.4. The van der Waals surface area contributed by atoms with Gasteiger partial charge >= 0.3 is 12.1 Å². The number of halogens is 3. The molecular formula is C15H20F3N3O2S2. The molecule has 2 aliphatic rings. The Morgan fingerprint density at radius 3 is 2.56 bits per heavy atom. The summed E-state index contributed by atoms with van der Waals surface area (Å²) >= 11 is 3.35. The van der Waals surface area contributed by atoms with Crippen LogP contribution in [0.3, 0.4) is 0 Å². The van der Waals surface area contributed by atoms with E-state index in [2.05, 4.69) is 10.00 Å². The smallest absolute Gasteiger partial charge is 0.433 e. The third-order valence-corrected chi connectivity index (χ3v) is 8.34. The van der Waals surface area contributed by atoms with Gasteiger partial charge in [-0.15, -0.1) is 23.5 Å². The van der Waals surface area contributed by atoms with E-state index < -0.39 is 27.9 Å². The van der Waals surface area contributed by atoms with Crippen LogP contribution in [0.1, 0.15) is 24.2 Å². The van der Waals surface area contributed by atoms with Gasteiger partial charge < -0.3 is 4.74 Å². The van der Waals surface area contributed by atoms with Crippen molar-refractivity contribution in [3.63, 3.8) is 0 Å². The van der Waals surface area contributed by atoms with Gasteiger partial charge in [0, 0.05) is 25.1 Å². The first-order chi connectivity index (χ1) is 11.7. The number of esters is 1. The second kappa shape index (κ2) is 6.70. The minimum Gasteiger partial charge on any atom is -0.466 e. The molecule has 1 aromatic rings. The quantitative estimate of drug-likeness (QED) is 0.734. The molecular weight excluding hydrogens is 375 g/mol. The maximum atomic E-state index is 13.2. The summed E-state index contributed by atoms with van der Waals surface area (Å²) in [5.74, 6) is 0.430. The van der Waals surface area contributed by atoms with Crippen molar-refractivity contribution in [3.05, 3.63) is 17.5 Å². The lowest BCUT2D eigenvalue weighted by molar-refractivity contribution is -0.148. The number of thioether (sulfide) groups is 2. The van der Waals surface area contributed by atoms with Crippen LogP contribution in [0.25, 0.3) is 0 Å². The van der Waals surface area contributed by atoms with Crippen LogP contribution in [0.15, 0.2) is 6.07 Å². The van der Waals surface area contributed by atoms with Crippen molar-refractivity contribution in [2.75, 3.05) is 31.7 Å². The summed E-state index contributed by atoms with van der Waals surface area (Å²) < 4.78 is 45.2. The monoisotopic (exact) mass is 395 g/mol. The Balaban J connectivity index is 2.05. The molecule has 0 bridgehead atoms. The van der Waals surface area contributed by atoms with E-state index in [1.54, 1.807) is 30.4 Å². The van der Waals surface area contributed by atoms with E-state index in [0.29, 0.717) is 12.2 Å². The Hall–Kier alpha value is -0.870. The van der Waals surface area contributed by atoms with Gasteiger partial charge in [-0.25, -0.2) is 0 Å². The molecule has 3 rings (SSSR count). The predicted octanol–water partition coefficient (Wildman–Crippen LogP) is 2.78. The summed E-state index contributed by atoms with van der Waals surface area (Å²) in [6.45, 7) is 2.42. The molecule has 0 aliphatic carbocycles. The van der Waals surface area contributed by atoms with Crippen LogP contribution in [0.4, 0.5) is 13.2 Å². The van der Waals surface area contributed by atoms with E-state index in [-0.39, 0.29) is 12.6 Å². The average molecular weight is 395 g/mol. The molecule has 25 heavy (non-hydrogen) atoms. The number of aromatic nitrogens is 2. The maximum Gasteiger partial charge on any atom is 0.433 e. The minimum absolute atomic E-state index is 0.245. The van der Waals surface area contributed by atoms with Gasteiger partial charge in [0.05, 0.1) is 24.1 Å². The number of alkyl halides is 3. The fraction of sp³-hybridized carbons (Fsp3) is 0.733. The maximum absolute atomic E-state index is 13.2. The van der Waals surface area contributed by atoms with Gasteiger partial charge in [-0.2, -0.15) is 18.3 Å². The molecule has 2 aliphatic heterocycles. The van der Waals surface area contributed by atoms with Gasteiger partial charge in [0.15, 0.2) is 0 Å². The van der Waals surface area contributed by atoms with Crippen LogP contribution < -0.4 is 0 Å². The molecule has 5 nitrogen and oxygen atoms in total.